The van der Waals surface area contributed by atoms with Crippen LogP contribution in [0, 0.1) is 0 Å². The summed E-state index contributed by atoms with van der Waals surface area (Å²) in [6.45, 7) is 10.1. The van der Waals surface area contributed by atoms with Crippen LogP contribution in [0.4, 0.5) is 0 Å². The molecule has 1 atom stereocenters. The molecule has 1 unspecified atom stereocenters. The Balaban J connectivity index is 1.66. The molecule has 1 aliphatic rings. The summed E-state index contributed by atoms with van der Waals surface area (Å²) in [4.78, 5) is 12.3. The number of benzene rings is 2. The Bertz CT molecular complexity index is 870. The molecule has 0 saturated heterocycles. The van der Waals surface area contributed by atoms with E-state index >= 15 is 0 Å². The predicted molar refractivity (Wildman–Crippen MR) is 116 cm³/mol. The summed E-state index contributed by atoms with van der Waals surface area (Å²) in [5, 5.41) is 12.2. The fourth-order valence-corrected chi connectivity index (χ4v) is 3.88. The van der Waals surface area contributed by atoms with Gasteiger partial charge in [0.15, 0.2) is 0 Å². The summed E-state index contributed by atoms with van der Waals surface area (Å²) in [6, 6.07) is 14.8. The maximum atomic E-state index is 12.3. The van der Waals surface area contributed by atoms with Crippen molar-refractivity contribution in [2.24, 2.45) is 0 Å². The minimum Gasteiger partial charge on any atom is -0.487 e. The zero-order valence-corrected chi connectivity index (χ0v) is 18.2. The molecule has 0 radical (unpaired) electrons. The van der Waals surface area contributed by atoms with E-state index in [2.05, 4.69) is 56.4 Å². The normalized spacial score (nSPS) is 18.4. The number of aliphatic hydroxyl groups is 1. The molecule has 2 N–H and O–H groups in total. The Morgan fingerprint density at radius 3 is 2.45 bits per heavy atom. The van der Waals surface area contributed by atoms with Crippen LogP contribution < -0.4 is 10.1 Å². The van der Waals surface area contributed by atoms with Crippen molar-refractivity contribution >= 4 is 5.91 Å². The van der Waals surface area contributed by atoms with Crippen molar-refractivity contribution in [3.63, 3.8) is 0 Å². The third-order valence-corrected chi connectivity index (χ3v) is 5.51. The Hall–Kier alpha value is -2.33. The number of hydrogen-bond donors (Lipinski definition) is 2. The second-order valence-electron chi connectivity index (χ2n) is 9.51. The highest BCUT2D eigenvalue weighted by Crippen LogP contribution is 2.37. The number of fused-ring (bicyclic) bond motifs is 1. The Morgan fingerprint density at radius 1 is 1.17 bits per heavy atom. The van der Waals surface area contributed by atoms with Crippen molar-refractivity contribution in [2.45, 2.75) is 70.9 Å². The molecule has 2 aromatic carbocycles. The van der Waals surface area contributed by atoms with Crippen LogP contribution >= 0.6 is 0 Å². The van der Waals surface area contributed by atoms with Gasteiger partial charge >= 0.3 is 0 Å². The van der Waals surface area contributed by atoms with Crippen molar-refractivity contribution in [2.75, 3.05) is 6.61 Å². The number of nitrogens with one attached hydrogen (secondary N) is 1. The highest BCUT2D eigenvalue weighted by atomic mass is 16.5. The highest BCUT2D eigenvalue weighted by Gasteiger charge is 2.35. The van der Waals surface area contributed by atoms with Crippen LogP contribution in [0.25, 0.3) is 0 Å². The Labute approximate surface area is 174 Å². The SMILES string of the molecule is CC(C)c1ccc(CC2(C)Cc3cc(CC(=O)NC(C)(C)CO)ccc3O2)cc1. The first-order valence-corrected chi connectivity index (χ1v) is 10.4. The van der Waals surface area contributed by atoms with Crippen LogP contribution in [-0.4, -0.2) is 28.8 Å². The molecule has 0 fully saturated rings. The first-order chi connectivity index (χ1) is 13.6. The van der Waals surface area contributed by atoms with Gasteiger partial charge in [0.1, 0.15) is 11.4 Å². The fourth-order valence-electron chi connectivity index (χ4n) is 3.88. The smallest absolute Gasteiger partial charge is 0.224 e. The van der Waals surface area contributed by atoms with Crippen molar-refractivity contribution in [1.29, 1.82) is 0 Å². The van der Waals surface area contributed by atoms with Gasteiger partial charge in [-0.25, -0.2) is 0 Å². The van der Waals surface area contributed by atoms with Crippen LogP contribution in [0.1, 0.15) is 62.8 Å². The summed E-state index contributed by atoms with van der Waals surface area (Å²) < 4.78 is 6.30. The van der Waals surface area contributed by atoms with E-state index in [9.17, 15) is 9.90 Å². The zero-order chi connectivity index (χ0) is 21.2. The molecule has 0 saturated carbocycles. The minimum absolute atomic E-state index is 0.0871. The van der Waals surface area contributed by atoms with Crippen LogP contribution in [0.3, 0.4) is 0 Å². The standard InChI is InChI=1S/C25H33NO3/c1-17(2)20-9-6-18(7-10-20)14-25(5)15-21-12-19(8-11-22(21)29-25)13-23(28)26-24(3,4)16-27/h6-12,17,27H,13-16H2,1-5H3,(H,26,28). The van der Waals surface area contributed by atoms with E-state index in [0.29, 0.717) is 12.3 Å². The third kappa shape index (κ3) is 5.39. The fraction of sp³-hybridized carbons (Fsp3) is 0.480. The average Bonchev–Trinajstić information content (AvgIpc) is 2.96. The molecule has 29 heavy (non-hydrogen) atoms. The lowest BCUT2D eigenvalue weighted by Gasteiger charge is -2.24. The third-order valence-electron chi connectivity index (χ3n) is 5.51. The number of rotatable bonds is 7. The molecule has 1 heterocycles. The van der Waals surface area contributed by atoms with Crippen molar-refractivity contribution in [3.8, 4) is 5.75 Å². The second-order valence-corrected chi connectivity index (χ2v) is 9.51. The number of carbonyl (C=O) groups excluding carboxylic acids is 1. The second kappa shape index (κ2) is 8.19. The minimum atomic E-state index is -0.611. The van der Waals surface area contributed by atoms with Gasteiger partial charge in [-0.05, 0) is 55.0 Å². The molecule has 0 bridgehead atoms. The lowest BCUT2D eigenvalue weighted by Crippen LogP contribution is -2.46. The molecule has 1 amide bonds. The molecule has 156 valence electrons. The molecular weight excluding hydrogens is 362 g/mol. The van der Waals surface area contributed by atoms with Crippen molar-refractivity contribution in [3.05, 3.63) is 64.7 Å². The summed E-state index contributed by atoms with van der Waals surface area (Å²) in [7, 11) is 0. The summed E-state index contributed by atoms with van der Waals surface area (Å²) in [5.74, 6) is 1.35. The number of ether oxygens (including phenoxy) is 1. The van der Waals surface area contributed by atoms with Crippen molar-refractivity contribution in [1.82, 2.24) is 5.32 Å². The lowest BCUT2D eigenvalue weighted by atomic mass is 9.90. The average molecular weight is 396 g/mol. The maximum absolute atomic E-state index is 12.3. The maximum Gasteiger partial charge on any atom is 0.224 e. The van der Waals surface area contributed by atoms with Gasteiger partial charge in [-0.3, -0.25) is 4.79 Å². The molecule has 0 spiro atoms. The van der Waals surface area contributed by atoms with Crippen LogP contribution in [0.15, 0.2) is 42.5 Å². The number of carbonyl (C=O) groups is 1. The van der Waals surface area contributed by atoms with Gasteiger partial charge < -0.3 is 15.2 Å². The molecule has 2 aromatic rings. The highest BCUT2D eigenvalue weighted by molar-refractivity contribution is 5.79. The van der Waals surface area contributed by atoms with Crippen LogP contribution in [0.5, 0.6) is 5.75 Å². The van der Waals surface area contributed by atoms with Gasteiger partial charge in [0.2, 0.25) is 5.91 Å². The van der Waals surface area contributed by atoms with Gasteiger partial charge in [0.25, 0.3) is 0 Å². The van der Waals surface area contributed by atoms with Gasteiger partial charge in [0.05, 0.1) is 18.6 Å². The largest absolute Gasteiger partial charge is 0.487 e. The molecule has 0 aliphatic carbocycles. The number of aliphatic hydroxyl groups excluding tert-OH is 1. The van der Waals surface area contributed by atoms with E-state index in [1.165, 1.54) is 11.1 Å². The molecule has 4 nitrogen and oxygen atoms in total. The molecule has 4 heteroatoms. The van der Waals surface area contributed by atoms with Crippen molar-refractivity contribution < 1.29 is 14.6 Å². The lowest BCUT2D eigenvalue weighted by molar-refractivity contribution is -0.122. The van der Waals surface area contributed by atoms with Gasteiger partial charge in [-0.2, -0.15) is 0 Å². The molecule has 3 rings (SSSR count). The molecule has 0 aromatic heterocycles. The molecular formula is C25H33NO3. The first kappa shape index (κ1) is 21.4. The van der Waals surface area contributed by atoms with Gasteiger partial charge in [-0.1, -0.05) is 50.2 Å². The number of amides is 1. The first-order valence-electron chi connectivity index (χ1n) is 10.4. The van der Waals surface area contributed by atoms with Crippen LogP contribution in [0.2, 0.25) is 0 Å². The van der Waals surface area contributed by atoms with E-state index in [4.69, 9.17) is 4.74 Å². The summed E-state index contributed by atoms with van der Waals surface area (Å²) in [6.07, 6.45) is 1.97. The van der Waals surface area contributed by atoms with E-state index < -0.39 is 5.54 Å². The Morgan fingerprint density at radius 2 is 1.83 bits per heavy atom. The van der Waals surface area contributed by atoms with Crippen LogP contribution in [-0.2, 0) is 24.1 Å². The summed E-state index contributed by atoms with van der Waals surface area (Å²) >= 11 is 0. The van der Waals surface area contributed by atoms with Gasteiger partial charge in [0, 0.05) is 12.8 Å². The monoisotopic (exact) mass is 395 g/mol. The van der Waals surface area contributed by atoms with Gasteiger partial charge in [-0.15, -0.1) is 0 Å². The zero-order valence-electron chi connectivity index (χ0n) is 18.2. The predicted octanol–water partition coefficient (Wildman–Crippen LogP) is 4.18. The quantitative estimate of drug-likeness (QED) is 0.740. The van der Waals surface area contributed by atoms with E-state index in [-0.39, 0.29) is 18.1 Å². The summed E-state index contributed by atoms with van der Waals surface area (Å²) in [5.41, 5.74) is 3.85. The Kier molecular flexibility index (Phi) is 6.04. The van der Waals surface area contributed by atoms with E-state index in [1.807, 2.05) is 12.1 Å². The molecule has 1 aliphatic heterocycles. The topological polar surface area (TPSA) is 58.6 Å². The van der Waals surface area contributed by atoms with E-state index in [0.717, 1.165) is 29.7 Å². The van der Waals surface area contributed by atoms with E-state index in [1.54, 1.807) is 13.8 Å². The number of hydrogen-bond acceptors (Lipinski definition) is 3.